The summed E-state index contributed by atoms with van der Waals surface area (Å²) in [5, 5.41) is 4.21. The third-order valence-electron chi connectivity index (χ3n) is 4.64. The molecular formula is C23H19FN4O2. The summed E-state index contributed by atoms with van der Waals surface area (Å²) >= 11 is 0. The number of anilines is 3. The minimum absolute atomic E-state index is 0.182. The van der Waals surface area contributed by atoms with E-state index in [1.807, 2.05) is 18.2 Å². The molecule has 150 valence electrons. The minimum Gasteiger partial charge on any atom is -0.397 e. The highest BCUT2D eigenvalue weighted by Crippen LogP contribution is 2.43. The lowest BCUT2D eigenvalue weighted by atomic mass is 10.0. The Bertz CT molecular complexity index is 1170. The first kappa shape index (κ1) is 19.3. The molecule has 0 aliphatic rings. The first-order valence-electron chi connectivity index (χ1n) is 9.44. The number of carbonyl (C=O) groups excluding carboxylic acids is 1. The number of para-hydroxylation sites is 1. The summed E-state index contributed by atoms with van der Waals surface area (Å²) in [5.74, 6) is -0.343. The molecule has 7 heteroatoms. The second kappa shape index (κ2) is 8.16. The van der Waals surface area contributed by atoms with E-state index >= 15 is 0 Å². The lowest BCUT2D eigenvalue weighted by molar-refractivity contribution is -0.117. The molecule has 0 aliphatic carbocycles. The summed E-state index contributed by atoms with van der Waals surface area (Å²) in [6.07, 6.45) is 1.85. The molecule has 0 atom stereocenters. The summed E-state index contributed by atoms with van der Waals surface area (Å²) in [6.45, 7) is 1.77. The van der Waals surface area contributed by atoms with Crippen molar-refractivity contribution in [1.82, 2.24) is 10.1 Å². The Morgan fingerprint density at radius 1 is 1.03 bits per heavy atom. The van der Waals surface area contributed by atoms with Gasteiger partial charge in [0, 0.05) is 18.2 Å². The topological polar surface area (TPSA) is 85.2 Å². The van der Waals surface area contributed by atoms with Crippen LogP contribution >= 0.6 is 0 Å². The molecule has 0 spiro atoms. The van der Waals surface area contributed by atoms with Crippen LogP contribution in [0.1, 0.15) is 13.3 Å². The molecule has 6 nitrogen and oxygen atoms in total. The first-order chi connectivity index (χ1) is 14.6. The molecule has 1 amide bonds. The van der Waals surface area contributed by atoms with E-state index < -0.39 is 0 Å². The van der Waals surface area contributed by atoms with Gasteiger partial charge in [0.25, 0.3) is 0 Å². The Kier molecular flexibility index (Phi) is 5.26. The average Bonchev–Trinajstić information content (AvgIpc) is 3.19. The van der Waals surface area contributed by atoms with Crippen molar-refractivity contribution >= 4 is 23.2 Å². The van der Waals surface area contributed by atoms with Gasteiger partial charge in [-0.1, -0.05) is 30.3 Å². The molecule has 4 aromatic rings. The number of carbonyl (C=O) groups is 1. The van der Waals surface area contributed by atoms with Crippen LogP contribution in [0.3, 0.4) is 0 Å². The molecule has 0 saturated carbocycles. The van der Waals surface area contributed by atoms with Crippen molar-refractivity contribution in [3.8, 4) is 22.5 Å². The van der Waals surface area contributed by atoms with Crippen molar-refractivity contribution in [3.05, 3.63) is 78.7 Å². The lowest BCUT2D eigenvalue weighted by Gasteiger charge is -2.20. The van der Waals surface area contributed by atoms with Gasteiger partial charge in [-0.05, 0) is 48.5 Å². The molecule has 30 heavy (non-hydrogen) atoms. The van der Waals surface area contributed by atoms with E-state index in [1.165, 1.54) is 17.0 Å². The minimum atomic E-state index is -0.367. The number of hydrogen-bond donors (Lipinski definition) is 1. The van der Waals surface area contributed by atoms with E-state index in [-0.39, 0.29) is 24.0 Å². The van der Waals surface area contributed by atoms with Crippen LogP contribution < -0.4 is 10.6 Å². The van der Waals surface area contributed by atoms with Crippen molar-refractivity contribution < 1.29 is 13.7 Å². The average molecular weight is 402 g/mol. The van der Waals surface area contributed by atoms with Gasteiger partial charge in [-0.2, -0.15) is 0 Å². The van der Waals surface area contributed by atoms with E-state index in [0.29, 0.717) is 33.9 Å². The monoisotopic (exact) mass is 402 g/mol. The number of hydrogen-bond acceptors (Lipinski definition) is 5. The standard InChI is InChI=1S/C23H19FN4O2/c1-2-19(29)28(17-7-4-3-5-8-17)23-20(22-18(25)9-6-14-26-22)21(27-30-23)15-10-12-16(24)13-11-15/h3-14H,2,25H2,1H3. The van der Waals surface area contributed by atoms with E-state index in [9.17, 15) is 9.18 Å². The Morgan fingerprint density at radius 3 is 2.43 bits per heavy atom. The molecule has 0 bridgehead atoms. The van der Waals surface area contributed by atoms with Crippen LogP contribution in [0.4, 0.5) is 21.6 Å². The SMILES string of the molecule is CCC(=O)N(c1ccccc1)c1onc(-c2ccc(F)cc2)c1-c1ncccc1N. The fourth-order valence-electron chi connectivity index (χ4n) is 3.19. The summed E-state index contributed by atoms with van der Waals surface area (Å²) in [7, 11) is 0. The van der Waals surface area contributed by atoms with Crippen LogP contribution in [-0.2, 0) is 4.79 Å². The van der Waals surface area contributed by atoms with Gasteiger partial charge in [-0.25, -0.2) is 9.29 Å². The zero-order chi connectivity index (χ0) is 21.1. The quantitative estimate of drug-likeness (QED) is 0.496. The van der Waals surface area contributed by atoms with Gasteiger partial charge in [-0.3, -0.25) is 9.78 Å². The largest absolute Gasteiger partial charge is 0.397 e. The molecule has 2 aromatic heterocycles. The first-order valence-corrected chi connectivity index (χ1v) is 9.44. The zero-order valence-electron chi connectivity index (χ0n) is 16.2. The highest BCUT2D eigenvalue weighted by Gasteiger charge is 2.30. The Balaban J connectivity index is 1.99. The third kappa shape index (κ3) is 3.53. The smallest absolute Gasteiger partial charge is 0.248 e. The van der Waals surface area contributed by atoms with Crippen molar-refractivity contribution in [2.45, 2.75) is 13.3 Å². The molecule has 2 N–H and O–H groups in total. The molecule has 2 heterocycles. The highest BCUT2D eigenvalue weighted by molar-refractivity contribution is 6.04. The van der Waals surface area contributed by atoms with Crippen LogP contribution in [0.5, 0.6) is 0 Å². The number of nitrogen functional groups attached to an aromatic ring is 1. The van der Waals surface area contributed by atoms with Crippen LogP contribution in [-0.4, -0.2) is 16.0 Å². The fraction of sp³-hybridized carbons (Fsp3) is 0.0870. The number of nitrogens with zero attached hydrogens (tertiary/aromatic N) is 3. The van der Waals surface area contributed by atoms with Crippen molar-refractivity contribution in [2.24, 2.45) is 0 Å². The maximum absolute atomic E-state index is 13.5. The van der Waals surface area contributed by atoms with Crippen LogP contribution in [0, 0.1) is 5.82 Å². The van der Waals surface area contributed by atoms with Crippen LogP contribution in [0.2, 0.25) is 0 Å². The lowest BCUT2D eigenvalue weighted by Crippen LogP contribution is -2.25. The molecule has 0 saturated heterocycles. The Labute approximate surface area is 172 Å². The van der Waals surface area contributed by atoms with Gasteiger partial charge < -0.3 is 10.3 Å². The normalized spacial score (nSPS) is 10.7. The maximum Gasteiger partial charge on any atom is 0.248 e. The molecule has 0 unspecified atom stereocenters. The number of halogens is 1. The third-order valence-corrected chi connectivity index (χ3v) is 4.64. The number of rotatable bonds is 5. The van der Waals surface area contributed by atoms with Gasteiger partial charge >= 0.3 is 0 Å². The van der Waals surface area contributed by atoms with Crippen molar-refractivity contribution in [1.29, 1.82) is 0 Å². The number of benzene rings is 2. The summed E-state index contributed by atoms with van der Waals surface area (Å²) in [6, 6.07) is 18.4. The maximum atomic E-state index is 13.5. The zero-order valence-corrected chi connectivity index (χ0v) is 16.2. The van der Waals surface area contributed by atoms with Crippen LogP contribution in [0.25, 0.3) is 22.5 Å². The predicted octanol–water partition coefficient (Wildman–Crippen LogP) is 5.20. The molecule has 2 aromatic carbocycles. The number of aromatic nitrogens is 2. The summed E-state index contributed by atoms with van der Waals surface area (Å²) in [5.41, 5.74) is 9.16. The van der Waals surface area contributed by atoms with Gasteiger partial charge in [0.2, 0.25) is 11.8 Å². The molecule has 0 fully saturated rings. The van der Waals surface area contributed by atoms with E-state index in [0.717, 1.165) is 0 Å². The number of amides is 1. The molecule has 0 aliphatic heterocycles. The Hall–Kier alpha value is -4.00. The molecule has 4 rings (SSSR count). The number of nitrogens with two attached hydrogens (primary N) is 1. The van der Waals surface area contributed by atoms with Gasteiger partial charge in [0.05, 0.1) is 16.9 Å². The second-order valence-electron chi connectivity index (χ2n) is 6.58. The van der Waals surface area contributed by atoms with E-state index in [4.69, 9.17) is 10.3 Å². The van der Waals surface area contributed by atoms with Gasteiger partial charge in [-0.15, -0.1) is 0 Å². The summed E-state index contributed by atoms with van der Waals surface area (Å²) in [4.78, 5) is 18.8. The van der Waals surface area contributed by atoms with Crippen molar-refractivity contribution in [3.63, 3.8) is 0 Å². The predicted molar refractivity (Wildman–Crippen MR) is 113 cm³/mol. The summed E-state index contributed by atoms with van der Waals surface area (Å²) < 4.78 is 19.2. The second-order valence-corrected chi connectivity index (χ2v) is 6.58. The van der Waals surface area contributed by atoms with E-state index in [1.54, 1.807) is 49.5 Å². The molecular weight excluding hydrogens is 383 g/mol. The van der Waals surface area contributed by atoms with Crippen molar-refractivity contribution in [2.75, 3.05) is 10.6 Å². The van der Waals surface area contributed by atoms with Gasteiger partial charge in [0.15, 0.2) is 0 Å². The number of pyridine rings is 1. The van der Waals surface area contributed by atoms with E-state index in [2.05, 4.69) is 10.1 Å². The Morgan fingerprint density at radius 2 is 1.77 bits per heavy atom. The van der Waals surface area contributed by atoms with Gasteiger partial charge in [0.1, 0.15) is 17.2 Å². The highest BCUT2D eigenvalue weighted by atomic mass is 19.1. The van der Waals surface area contributed by atoms with Crippen LogP contribution in [0.15, 0.2) is 77.4 Å². The fourth-order valence-corrected chi connectivity index (χ4v) is 3.19. The molecule has 0 radical (unpaired) electrons.